The summed E-state index contributed by atoms with van der Waals surface area (Å²) >= 11 is 1.61. The maximum absolute atomic E-state index is 13.0. The van der Waals surface area contributed by atoms with Crippen molar-refractivity contribution in [3.05, 3.63) is 39.8 Å². The van der Waals surface area contributed by atoms with Gasteiger partial charge in [0.2, 0.25) is 5.91 Å². The van der Waals surface area contributed by atoms with Gasteiger partial charge in [-0.25, -0.2) is 13.4 Å². The third kappa shape index (κ3) is 4.02. The molecule has 0 bridgehead atoms. The van der Waals surface area contributed by atoms with E-state index in [1.165, 1.54) is 15.8 Å². The first-order valence-electron chi connectivity index (χ1n) is 10.00. The molecule has 9 heteroatoms. The lowest BCUT2D eigenvalue weighted by molar-refractivity contribution is -0.132. The normalized spacial score (nSPS) is 20.5. The Morgan fingerprint density at radius 2 is 2.17 bits per heavy atom. The van der Waals surface area contributed by atoms with Gasteiger partial charge >= 0.3 is 0 Å². The summed E-state index contributed by atoms with van der Waals surface area (Å²) in [6, 6.07) is -0.313. The lowest BCUT2D eigenvalue weighted by Crippen LogP contribution is -2.41. The van der Waals surface area contributed by atoms with Crippen molar-refractivity contribution in [2.45, 2.75) is 51.1 Å². The average Bonchev–Trinajstić information content (AvgIpc) is 3.25. The Labute approximate surface area is 174 Å². The summed E-state index contributed by atoms with van der Waals surface area (Å²) in [5.74, 6) is -0.0467. The summed E-state index contributed by atoms with van der Waals surface area (Å²) in [5, 5.41) is 0.712. The van der Waals surface area contributed by atoms with Crippen molar-refractivity contribution in [1.29, 1.82) is 0 Å². The Kier molecular flexibility index (Phi) is 5.61. The van der Waals surface area contributed by atoms with Crippen LogP contribution in [0.4, 0.5) is 0 Å². The molecular formula is C20H25N3O4S2. The predicted molar refractivity (Wildman–Crippen MR) is 114 cm³/mol. The molecule has 1 aliphatic heterocycles. The fourth-order valence-electron chi connectivity index (χ4n) is 4.31. The first kappa shape index (κ1) is 20.3. The highest BCUT2D eigenvalue weighted by molar-refractivity contribution is 7.91. The Hall–Kier alpha value is -2.00. The van der Waals surface area contributed by atoms with E-state index in [4.69, 9.17) is 0 Å². The topological polar surface area (TPSA) is 89.3 Å². The second kappa shape index (κ2) is 8.02. The predicted octanol–water partition coefficient (Wildman–Crippen LogP) is 1.93. The van der Waals surface area contributed by atoms with Crippen molar-refractivity contribution in [2.75, 3.05) is 18.1 Å². The highest BCUT2D eigenvalue weighted by Gasteiger charge is 2.34. The summed E-state index contributed by atoms with van der Waals surface area (Å²) < 4.78 is 25.1. The van der Waals surface area contributed by atoms with Crippen LogP contribution in [0.5, 0.6) is 0 Å². The van der Waals surface area contributed by atoms with E-state index in [0.29, 0.717) is 18.4 Å². The van der Waals surface area contributed by atoms with Crippen LogP contribution in [0.15, 0.2) is 23.8 Å². The average molecular weight is 436 g/mol. The molecule has 156 valence electrons. The molecule has 2 aromatic rings. The van der Waals surface area contributed by atoms with Crippen molar-refractivity contribution >= 4 is 37.3 Å². The highest BCUT2D eigenvalue weighted by Crippen LogP contribution is 2.33. The number of aryl methyl sites for hydroxylation is 3. The van der Waals surface area contributed by atoms with E-state index in [2.05, 4.69) is 11.6 Å². The van der Waals surface area contributed by atoms with Gasteiger partial charge in [0.05, 0.1) is 23.2 Å². The molecule has 1 atom stereocenters. The largest absolute Gasteiger partial charge is 0.335 e. The van der Waals surface area contributed by atoms with Crippen molar-refractivity contribution in [3.8, 4) is 0 Å². The van der Waals surface area contributed by atoms with Gasteiger partial charge in [-0.1, -0.05) is 6.08 Å². The van der Waals surface area contributed by atoms with Gasteiger partial charge in [0.15, 0.2) is 9.84 Å². The van der Waals surface area contributed by atoms with Crippen LogP contribution in [0.2, 0.25) is 0 Å². The zero-order chi connectivity index (χ0) is 20.6. The number of aromatic nitrogens is 2. The van der Waals surface area contributed by atoms with Crippen LogP contribution in [0.1, 0.15) is 36.1 Å². The first-order valence-corrected chi connectivity index (χ1v) is 12.6. The van der Waals surface area contributed by atoms with Gasteiger partial charge in [0.25, 0.3) is 5.56 Å². The van der Waals surface area contributed by atoms with Gasteiger partial charge in [-0.15, -0.1) is 17.9 Å². The maximum Gasteiger partial charge on any atom is 0.262 e. The lowest BCUT2D eigenvalue weighted by atomic mass is 9.97. The quantitative estimate of drug-likeness (QED) is 0.647. The summed E-state index contributed by atoms with van der Waals surface area (Å²) in [5.41, 5.74) is 1.06. The van der Waals surface area contributed by atoms with E-state index in [1.54, 1.807) is 22.3 Å². The molecule has 1 fully saturated rings. The molecule has 0 radical (unpaired) electrons. The van der Waals surface area contributed by atoms with E-state index in [1.807, 2.05) is 0 Å². The first-order chi connectivity index (χ1) is 13.9. The zero-order valence-corrected chi connectivity index (χ0v) is 17.9. The molecule has 2 aromatic heterocycles. The molecule has 29 heavy (non-hydrogen) atoms. The second-order valence-electron chi connectivity index (χ2n) is 7.78. The Balaban J connectivity index is 1.52. The van der Waals surface area contributed by atoms with Crippen LogP contribution < -0.4 is 5.56 Å². The number of sulfone groups is 1. The number of carbonyl (C=O) groups excluding carboxylic acids is 1. The molecule has 0 spiro atoms. The molecule has 0 aromatic carbocycles. The van der Waals surface area contributed by atoms with E-state index >= 15 is 0 Å². The summed E-state index contributed by atoms with van der Waals surface area (Å²) in [4.78, 5) is 33.9. The Morgan fingerprint density at radius 1 is 1.38 bits per heavy atom. The van der Waals surface area contributed by atoms with Gasteiger partial charge in [-0.3, -0.25) is 14.2 Å². The van der Waals surface area contributed by atoms with Crippen molar-refractivity contribution in [3.63, 3.8) is 0 Å². The molecule has 4 rings (SSSR count). The highest BCUT2D eigenvalue weighted by atomic mass is 32.2. The summed E-state index contributed by atoms with van der Waals surface area (Å²) in [6.45, 7) is 4.23. The number of thiophene rings is 1. The van der Waals surface area contributed by atoms with Gasteiger partial charge < -0.3 is 4.90 Å². The van der Waals surface area contributed by atoms with Gasteiger partial charge in [-0.2, -0.15) is 0 Å². The molecule has 0 saturated carbocycles. The molecule has 0 N–H and O–H groups in total. The SMILES string of the molecule is C=CCN(C(=O)CCn1cnc2sc3c(c2c1=O)CCCC3)C1CCS(=O)(=O)C1. The minimum Gasteiger partial charge on any atom is -0.335 e. The maximum atomic E-state index is 13.0. The molecule has 1 unspecified atom stereocenters. The van der Waals surface area contributed by atoms with E-state index in [-0.39, 0.29) is 42.0 Å². The molecular weight excluding hydrogens is 410 g/mol. The number of carbonyl (C=O) groups is 1. The minimum atomic E-state index is -3.09. The van der Waals surface area contributed by atoms with E-state index in [0.717, 1.165) is 36.1 Å². The van der Waals surface area contributed by atoms with Crippen LogP contribution >= 0.6 is 11.3 Å². The van der Waals surface area contributed by atoms with Crippen LogP contribution in [-0.2, 0) is 34.0 Å². The molecule has 1 saturated heterocycles. The molecule has 1 aliphatic carbocycles. The molecule has 2 aliphatic rings. The zero-order valence-electron chi connectivity index (χ0n) is 16.3. The Bertz CT molecular complexity index is 1120. The smallest absolute Gasteiger partial charge is 0.262 e. The fraction of sp³-hybridized carbons (Fsp3) is 0.550. The monoisotopic (exact) mass is 435 g/mol. The lowest BCUT2D eigenvalue weighted by Gasteiger charge is -2.27. The van der Waals surface area contributed by atoms with Crippen LogP contribution in [0.3, 0.4) is 0 Å². The number of nitrogens with zero attached hydrogens (tertiary/aromatic N) is 3. The summed E-state index contributed by atoms with van der Waals surface area (Å²) in [7, 11) is -3.09. The van der Waals surface area contributed by atoms with Crippen molar-refractivity contribution in [2.24, 2.45) is 0 Å². The molecule has 3 heterocycles. The summed E-state index contributed by atoms with van der Waals surface area (Å²) in [6.07, 6.45) is 7.89. The number of hydrogen-bond donors (Lipinski definition) is 0. The second-order valence-corrected chi connectivity index (χ2v) is 11.1. The molecule has 1 amide bonds. The molecule has 7 nitrogen and oxygen atoms in total. The third-order valence-corrected chi connectivity index (χ3v) is 8.75. The van der Waals surface area contributed by atoms with Crippen molar-refractivity contribution < 1.29 is 13.2 Å². The van der Waals surface area contributed by atoms with E-state index in [9.17, 15) is 18.0 Å². The van der Waals surface area contributed by atoms with Crippen LogP contribution in [0.25, 0.3) is 10.2 Å². The van der Waals surface area contributed by atoms with Crippen LogP contribution in [0, 0.1) is 0 Å². The van der Waals surface area contributed by atoms with Crippen molar-refractivity contribution in [1.82, 2.24) is 14.5 Å². The number of hydrogen-bond acceptors (Lipinski definition) is 6. The standard InChI is InChI=1S/C20H25N3O4S2/c1-2-9-23(14-8-11-29(26,27)12-14)17(24)7-10-22-13-21-19-18(20(22)25)15-5-3-4-6-16(15)28-19/h2,13-14H,1,3-12H2. The van der Waals surface area contributed by atoms with Gasteiger partial charge in [-0.05, 0) is 37.7 Å². The number of fused-ring (bicyclic) bond motifs is 3. The van der Waals surface area contributed by atoms with Gasteiger partial charge in [0, 0.05) is 30.4 Å². The minimum absolute atomic E-state index is 0.00108. The van der Waals surface area contributed by atoms with E-state index < -0.39 is 9.84 Å². The van der Waals surface area contributed by atoms with Gasteiger partial charge in [0.1, 0.15) is 4.83 Å². The Morgan fingerprint density at radius 3 is 2.90 bits per heavy atom. The number of amides is 1. The number of rotatable bonds is 6. The third-order valence-electron chi connectivity index (χ3n) is 5.80. The fourth-order valence-corrected chi connectivity index (χ4v) is 7.27. The van der Waals surface area contributed by atoms with Crippen LogP contribution in [-0.4, -0.2) is 52.9 Å².